The van der Waals surface area contributed by atoms with E-state index < -0.39 is 0 Å². The fourth-order valence-corrected chi connectivity index (χ4v) is 2.62. The Kier molecular flexibility index (Phi) is 4.74. The molecule has 0 saturated heterocycles. The van der Waals surface area contributed by atoms with Gasteiger partial charge in [0.2, 0.25) is 5.88 Å². The summed E-state index contributed by atoms with van der Waals surface area (Å²) < 4.78 is 16.5. The van der Waals surface area contributed by atoms with Crippen LogP contribution in [0.15, 0.2) is 53.2 Å². The van der Waals surface area contributed by atoms with E-state index in [1.807, 2.05) is 19.1 Å². The molecule has 0 radical (unpaired) electrons. The normalized spacial score (nSPS) is 13.2. The molecule has 1 aromatic carbocycles. The highest BCUT2D eigenvalue weighted by Crippen LogP contribution is 2.44. The Bertz CT molecular complexity index is 918. The summed E-state index contributed by atoms with van der Waals surface area (Å²) in [5.41, 5.74) is 1.35. The molecule has 4 rings (SSSR count). The van der Waals surface area contributed by atoms with Crippen LogP contribution in [-0.2, 0) is 4.79 Å². The number of hydrogen-bond donors (Lipinski definition) is 1. The summed E-state index contributed by atoms with van der Waals surface area (Å²) >= 11 is 0. The zero-order valence-electron chi connectivity index (χ0n) is 14.8. The van der Waals surface area contributed by atoms with Crippen LogP contribution in [-0.4, -0.2) is 22.7 Å². The summed E-state index contributed by atoms with van der Waals surface area (Å²) in [6.45, 7) is 1.71. The Hall–Kier alpha value is -3.35. The van der Waals surface area contributed by atoms with Crippen molar-refractivity contribution in [2.24, 2.45) is 0 Å². The van der Waals surface area contributed by atoms with E-state index in [0.717, 1.165) is 18.6 Å². The highest BCUT2D eigenvalue weighted by molar-refractivity contribution is 5.93. The summed E-state index contributed by atoms with van der Waals surface area (Å²) in [5, 5.41) is 6.79. The minimum atomic E-state index is -0.253. The zero-order chi connectivity index (χ0) is 18.6. The molecule has 7 nitrogen and oxygen atoms in total. The second-order valence-corrected chi connectivity index (χ2v) is 6.36. The number of nitrogens with zero attached hydrogens (tertiary/aromatic N) is 2. The van der Waals surface area contributed by atoms with Crippen LogP contribution in [0.25, 0.3) is 0 Å². The average molecular weight is 365 g/mol. The molecule has 138 valence electrons. The van der Waals surface area contributed by atoms with Gasteiger partial charge in [-0.3, -0.25) is 4.79 Å². The third kappa shape index (κ3) is 4.25. The van der Waals surface area contributed by atoms with Gasteiger partial charge in [-0.2, -0.15) is 0 Å². The van der Waals surface area contributed by atoms with Gasteiger partial charge in [0.1, 0.15) is 22.9 Å². The van der Waals surface area contributed by atoms with E-state index in [-0.39, 0.29) is 12.5 Å². The lowest BCUT2D eigenvalue weighted by molar-refractivity contribution is -0.118. The Morgan fingerprint density at radius 3 is 2.67 bits per heavy atom. The Morgan fingerprint density at radius 2 is 1.96 bits per heavy atom. The molecular formula is C20H19N3O4. The highest BCUT2D eigenvalue weighted by atomic mass is 16.5. The standard InChI is InChI=1S/C20H19N3O4/c1-13-19(20(27-23-13)14-5-6-14)22-17(24)12-25-15-7-9-16(10-8-15)26-18-4-2-3-11-21-18/h2-4,7-11,14H,5-6,12H2,1H3,(H,22,24). The maximum atomic E-state index is 12.2. The first-order valence-corrected chi connectivity index (χ1v) is 8.77. The van der Waals surface area contributed by atoms with Crippen molar-refractivity contribution in [3.8, 4) is 17.4 Å². The summed E-state index contributed by atoms with van der Waals surface area (Å²) in [4.78, 5) is 16.3. The fourth-order valence-electron chi connectivity index (χ4n) is 2.62. The summed E-state index contributed by atoms with van der Waals surface area (Å²) in [5.74, 6) is 2.60. The van der Waals surface area contributed by atoms with Gasteiger partial charge < -0.3 is 19.3 Å². The Labute approximate surface area is 156 Å². The van der Waals surface area contributed by atoms with Crippen LogP contribution in [0.5, 0.6) is 17.4 Å². The van der Waals surface area contributed by atoms with Crippen LogP contribution in [0.2, 0.25) is 0 Å². The van der Waals surface area contributed by atoms with Gasteiger partial charge >= 0.3 is 0 Å². The smallest absolute Gasteiger partial charge is 0.262 e. The number of amides is 1. The molecule has 1 aliphatic rings. The van der Waals surface area contributed by atoms with E-state index in [0.29, 0.717) is 34.7 Å². The predicted octanol–water partition coefficient (Wildman–Crippen LogP) is 4.07. The first kappa shape index (κ1) is 17.1. The highest BCUT2D eigenvalue weighted by Gasteiger charge is 2.32. The molecule has 1 saturated carbocycles. The lowest BCUT2D eigenvalue weighted by atomic mass is 10.2. The minimum absolute atomic E-state index is 0.102. The first-order valence-electron chi connectivity index (χ1n) is 8.77. The molecule has 1 N–H and O–H groups in total. The van der Waals surface area contributed by atoms with Crippen LogP contribution in [0, 0.1) is 6.92 Å². The number of ether oxygens (including phenoxy) is 2. The lowest BCUT2D eigenvalue weighted by Crippen LogP contribution is -2.20. The van der Waals surface area contributed by atoms with Crippen molar-refractivity contribution in [3.63, 3.8) is 0 Å². The number of benzene rings is 1. The number of anilines is 1. The fraction of sp³-hybridized carbons (Fsp3) is 0.250. The molecule has 2 aromatic heterocycles. The van der Waals surface area contributed by atoms with Gasteiger partial charge in [-0.25, -0.2) is 4.98 Å². The van der Waals surface area contributed by atoms with E-state index in [4.69, 9.17) is 14.0 Å². The topological polar surface area (TPSA) is 86.5 Å². The SMILES string of the molecule is Cc1noc(C2CC2)c1NC(=O)COc1ccc(Oc2ccccn2)cc1. The zero-order valence-corrected chi connectivity index (χ0v) is 14.8. The number of pyridine rings is 1. The van der Waals surface area contributed by atoms with Crippen LogP contribution < -0.4 is 14.8 Å². The molecule has 0 spiro atoms. The molecule has 0 bridgehead atoms. The van der Waals surface area contributed by atoms with Crippen molar-refractivity contribution < 1.29 is 18.8 Å². The van der Waals surface area contributed by atoms with Crippen LogP contribution >= 0.6 is 0 Å². The molecule has 0 unspecified atom stereocenters. The average Bonchev–Trinajstić information content (AvgIpc) is 3.47. The maximum absolute atomic E-state index is 12.2. The number of aromatic nitrogens is 2. The quantitative estimate of drug-likeness (QED) is 0.679. The van der Waals surface area contributed by atoms with Crippen molar-refractivity contribution in [1.82, 2.24) is 10.1 Å². The molecule has 0 aliphatic heterocycles. The van der Waals surface area contributed by atoms with Crippen molar-refractivity contribution in [3.05, 3.63) is 60.1 Å². The van der Waals surface area contributed by atoms with E-state index in [9.17, 15) is 4.79 Å². The number of aryl methyl sites for hydroxylation is 1. The number of hydrogen-bond acceptors (Lipinski definition) is 6. The second kappa shape index (κ2) is 7.49. The molecule has 2 heterocycles. The van der Waals surface area contributed by atoms with Crippen molar-refractivity contribution in [2.75, 3.05) is 11.9 Å². The first-order chi connectivity index (χ1) is 13.2. The molecule has 0 atom stereocenters. The molecule has 1 amide bonds. The monoisotopic (exact) mass is 365 g/mol. The van der Waals surface area contributed by atoms with Gasteiger partial charge in [-0.05, 0) is 50.1 Å². The predicted molar refractivity (Wildman–Crippen MR) is 98.1 cm³/mol. The van der Waals surface area contributed by atoms with Gasteiger partial charge in [-0.1, -0.05) is 11.2 Å². The van der Waals surface area contributed by atoms with Crippen molar-refractivity contribution >= 4 is 11.6 Å². The number of nitrogens with one attached hydrogen (secondary N) is 1. The Balaban J connectivity index is 1.31. The van der Waals surface area contributed by atoms with Gasteiger partial charge in [0, 0.05) is 18.2 Å². The summed E-state index contributed by atoms with van der Waals surface area (Å²) in [6, 6.07) is 12.5. The van der Waals surface area contributed by atoms with Gasteiger partial charge in [-0.15, -0.1) is 0 Å². The maximum Gasteiger partial charge on any atom is 0.262 e. The molecule has 1 fully saturated rings. The molecule has 7 heteroatoms. The van der Waals surface area contributed by atoms with Crippen LogP contribution in [0.4, 0.5) is 5.69 Å². The van der Waals surface area contributed by atoms with Crippen molar-refractivity contribution in [1.29, 1.82) is 0 Å². The largest absolute Gasteiger partial charge is 0.484 e. The van der Waals surface area contributed by atoms with E-state index in [1.165, 1.54) is 0 Å². The summed E-state index contributed by atoms with van der Waals surface area (Å²) in [7, 11) is 0. The number of carbonyl (C=O) groups excluding carboxylic acids is 1. The molecule has 1 aliphatic carbocycles. The van der Waals surface area contributed by atoms with E-state index in [1.54, 1.807) is 36.5 Å². The van der Waals surface area contributed by atoms with Gasteiger partial charge in [0.15, 0.2) is 12.4 Å². The summed E-state index contributed by atoms with van der Waals surface area (Å²) in [6.07, 6.45) is 3.80. The lowest BCUT2D eigenvalue weighted by Gasteiger charge is -2.09. The van der Waals surface area contributed by atoms with Gasteiger partial charge in [0.05, 0.1) is 0 Å². The van der Waals surface area contributed by atoms with Gasteiger partial charge in [0.25, 0.3) is 5.91 Å². The number of rotatable bonds is 7. The van der Waals surface area contributed by atoms with Crippen molar-refractivity contribution in [2.45, 2.75) is 25.7 Å². The minimum Gasteiger partial charge on any atom is -0.484 e. The molecule has 3 aromatic rings. The van der Waals surface area contributed by atoms with Crippen LogP contribution in [0.1, 0.15) is 30.2 Å². The Morgan fingerprint density at radius 1 is 1.19 bits per heavy atom. The van der Waals surface area contributed by atoms with E-state index in [2.05, 4.69) is 15.5 Å². The molecule has 27 heavy (non-hydrogen) atoms. The van der Waals surface area contributed by atoms with E-state index >= 15 is 0 Å². The third-order valence-corrected chi connectivity index (χ3v) is 4.16. The second-order valence-electron chi connectivity index (χ2n) is 6.36. The third-order valence-electron chi connectivity index (χ3n) is 4.16. The molecular weight excluding hydrogens is 346 g/mol. The van der Waals surface area contributed by atoms with Crippen LogP contribution in [0.3, 0.4) is 0 Å². The number of carbonyl (C=O) groups is 1.